The molecule has 0 amide bonds. The smallest absolute Gasteiger partial charge is 0.319 e. The number of hydrogen-bond acceptors (Lipinski definition) is 21. The Hall–Kier alpha value is -3.96. The van der Waals surface area contributed by atoms with Crippen LogP contribution in [0, 0.1) is 37.9 Å². The standard InChI is InChI=1S/C72H132O21/c1-50(66(29,36-80-52(74)69(32,42-85-57(2,3)4)43-86-58(5,6)7)37-81-53(75)70(33,44-87-59(8,9)10)45-88-60(11,12)13)79-38-68(31,56(78)93-65(26,27)28)41-84-51(73)67(30,39-82-54(76)71(34,46-89-61(14,15)16)47-90-62(17,18)19)40-83-55(77)72(35,48-91-63(20,21)22)49-92-64(23,24)25/h1,36-49H2,2-35H3. The van der Waals surface area contributed by atoms with E-state index in [1.54, 1.807) is 55.4 Å². The number of esters is 6. The summed E-state index contributed by atoms with van der Waals surface area (Å²) in [6.45, 7) is 60.3. The lowest BCUT2D eigenvalue weighted by Gasteiger charge is -2.38. The molecule has 0 fully saturated rings. The van der Waals surface area contributed by atoms with Gasteiger partial charge in [0.1, 0.15) is 83.5 Å². The molecule has 93 heavy (non-hydrogen) atoms. The second-order valence-electron chi connectivity index (χ2n) is 36.2. The van der Waals surface area contributed by atoms with E-state index in [4.69, 9.17) is 71.1 Å². The molecule has 0 aromatic rings. The molecule has 0 rings (SSSR count). The summed E-state index contributed by atoms with van der Waals surface area (Å²) in [5, 5.41) is 0. The van der Waals surface area contributed by atoms with Crippen molar-refractivity contribution in [3.05, 3.63) is 12.3 Å². The minimum Gasteiger partial charge on any atom is -0.496 e. The molecule has 21 heteroatoms. The largest absolute Gasteiger partial charge is 0.496 e. The first-order valence-electron chi connectivity index (χ1n) is 32.6. The molecular formula is C72H132O21. The highest BCUT2D eigenvalue weighted by molar-refractivity contribution is 5.82. The summed E-state index contributed by atoms with van der Waals surface area (Å²) < 4.78 is 92.2. The Morgan fingerprint density at radius 1 is 0.194 bits per heavy atom. The van der Waals surface area contributed by atoms with E-state index in [0.717, 1.165) is 0 Å². The second kappa shape index (κ2) is 33.1. The van der Waals surface area contributed by atoms with Crippen molar-refractivity contribution in [3.63, 3.8) is 0 Å². The lowest BCUT2D eigenvalue weighted by Crippen LogP contribution is -2.49. The zero-order valence-electron chi connectivity index (χ0n) is 64.7. The lowest BCUT2D eigenvalue weighted by atomic mass is 9.88. The predicted molar refractivity (Wildman–Crippen MR) is 358 cm³/mol. The van der Waals surface area contributed by atoms with Crippen LogP contribution in [0.25, 0.3) is 0 Å². The summed E-state index contributed by atoms with van der Waals surface area (Å²) in [4.78, 5) is 87.8. The third kappa shape index (κ3) is 35.7. The minimum atomic E-state index is -1.96. The first-order chi connectivity index (χ1) is 41.1. The van der Waals surface area contributed by atoms with Crippen molar-refractivity contribution in [2.75, 3.05) is 92.5 Å². The van der Waals surface area contributed by atoms with Gasteiger partial charge in [-0.1, -0.05) is 6.58 Å². The Morgan fingerprint density at radius 3 is 0.495 bits per heavy atom. The van der Waals surface area contributed by atoms with Crippen LogP contribution in [0.4, 0.5) is 0 Å². The van der Waals surface area contributed by atoms with Crippen LogP contribution in [-0.2, 0) is 99.8 Å². The molecule has 0 radical (unpaired) electrons. The third-order valence-electron chi connectivity index (χ3n) is 13.8. The summed E-state index contributed by atoms with van der Waals surface area (Å²) in [6, 6.07) is 0. The predicted octanol–water partition coefficient (Wildman–Crippen LogP) is 13.1. The van der Waals surface area contributed by atoms with E-state index in [1.165, 1.54) is 13.8 Å². The normalized spacial score (nSPS) is 14.8. The number of rotatable bonds is 36. The van der Waals surface area contributed by atoms with Crippen LogP contribution >= 0.6 is 0 Å². The molecule has 21 nitrogen and oxygen atoms in total. The maximum absolute atomic E-state index is 15.1. The van der Waals surface area contributed by atoms with Crippen LogP contribution in [0.15, 0.2) is 12.3 Å². The number of ether oxygens (including phenoxy) is 15. The molecule has 0 aliphatic rings. The summed E-state index contributed by atoms with van der Waals surface area (Å²) >= 11 is 0. The fourth-order valence-electron chi connectivity index (χ4n) is 6.98. The molecule has 1 unspecified atom stereocenters. The summed E-state index contributed by atoms with van der Waals surface area (Å²) in [5.41, 5.74) is -17.2. The zero-order chi connectivity index (χ0) is 73.5. The molecule has 1 atom stereocenters. The van der Waals surface area contributed by atoms with Crippen LogP contribution in [0.3, 0.4) is 0 Å². The topological polar surface area (TPSA) is 241 Å². The molecular weight excluding hydrogens is 1200 g/mol. The molecule has 0 spiro atoms. The van der Waals surface area contributed by atoms with Crippen molar-refractivity contribution >= 4 is 35.8 Å². The van der Waals surface area contributed by atoms with Gasteiger partial charge in [0, 0.05) is 0 Å². The van der Waals surface area contributed by atoms with Crippen molar-refractivity contribution in [2.45, 2.75) is 286 Å². The number of hydrogen-bond donors (Lipinski definition) is 0. The third-order valence-corrected chi connectivity index (χ3v) is 13.8. The fraction of sp³-hybridized carbons (Fsp3) is 0.889. The zero-order valence-corrected chi connectivity index (χ0v) is 64.7. The highest BCUT2D eigenvalue weighted by atomic mass is 16.6. The average molecular weight is 1330 g/mol. The van der Waals surface area contributed by atoms with Gasteiger partial charge in [0.25, 0.3) is 0 Å². The van der Waals surface area contributed by atoms with E-state index in [0.29, 0.717) is 0 Å². The van der Waals surface area contributed by atoms with Crippen molar-refractivity contribution in [1.82, 2.24) is 0 Å². The monoisotopic (exact) mass is 1330 g/mol. The molecule has 0 aliphatic carbocycles. The Balaban J connectivity index is 8.04. The highest BCUT2D eigenvalue weighted by Gasteiger charge is 2.50. The first kappa shape index (κ1) is 89.0. The van der Waals surface area contributed by atoms with Gasteiger partial charge in [-0.25, -0.2) is 0 Å². The molecule has 0 aliphatic heterocycles. The van der Waals surface area contributed by atoms with Gasteiger partial charge in [-0.2, -0.15) is 0 Å². The van der Waals surface area contributed by atoms with Gasteiger partial charge in [-0.15, -0.1) is 0 Å². The molecule has 0 bridgehead atoms. The van der Waals surface area contributed by atoms with Gasteiger partial charge in [0.2, 0.25) is 0 Å². The summed E-state index contributed by atoms with van der Waals surface area (Å²) in [7, 11) is 0. The SMILES string of the molecule is C=C(OCC(C)(COC(=O)C(C)(COC(=O)C(C)(COC(C)(C)C)COC(C)(C)C)COC(=O)C(C)(COC(C)(C)C)COC(C)(C)C)C(=O)OC(C)(C)C)C(C)(COC(=O)C(C)(COC(C)(C)C)COC(C)(C)C)COC(=O)C(C)(COC(C)(C)C)COC(C)(C)C. The van der Waals surface area contributed by atoms with E-state index in [-0.39, 0.29) is 58.6 Å². The van der Waals surface area contributed by atoms with Crippen molar-refractivity contribution < 1.29 is 99.8 Å². The number of carbonyl (C=O) groups is 6. The molecule has 0 aromatic heterocycles. The van der Waals surface area contributed by atoms with Crippen LogP contribution in [0.2, 0.25) is 0 Å². The van der Waals surface area contributed by atoms with E-state index in [1.807, 2.05) is 166 Å². The Bertz CT molecular complexity index is 2060. The van der Waals surface area contributed by atoms with Gasteiger partial charge in [0.15, 0.2) is 0 Å². The van der Waals surface area contributed by atoms with Crippen LogP contribution in [0.5, 0.6) is 0 Å². The molecule has 0 aromatic carbocycles. The quantitative estimate of drug-likeness (QED) is 0.0322. The van der Waals surface area contributed by atoms with Crippen molar-refractivity contribution in [2.24, 2.45) is 37.9 Å². The maximum Gasteiger partial charge on any atom is 0.319 e. The fourth-order valence-corrected chi connectivity index (χ4v) is 6.98. The van der Waals surface area contributed by atoms with Gasteiger partial charge >= 0.3 is 35.8 Å². The molecule has 0 saturated carbocycles. The Morgan fingerprint density at radius 2 is 0.333 bits per heavy atom. The number of carbonyl (C=O) groups excluding carboxylic acids is 6. The van der Waals surface area contributed by atoms with Crippen LogP contribution in [0.1, 0.15) is 235 Å². The van der Waals surface area contributed by atoms with Gasteiger partial charge in [0.05, 0.1) is 103 Å². The Kier molecular flexibility index (Phi) is 31.7. The van der Waals surface area contributed by atoms with Crippen molar-refractivity contribution in [3.8, 4) is 0 Å². The molecule has 0 heterocycles. The van der Waals surface area contributed by atoms with Gasteiger partial charge < -0.3 is 71.1 Å². The second-order valence-corrected chi connectivity index (χ2v) is 36.2. The van der Waals surface area contributed by atoms with Crippen LogP contribution < -0.4 is 0 Å². The van der Waals surface area contributed by atoms with E-state index >= 15 is 4.79 Å². The molecule has 0 N–H and O–H groups in total. The van der Waals surface area contributed by atoms with E-state index in [2.05, 4.69) is 6.58 Å². The van der Waals surface area contributed by atoms with Crippen molar-refractivity contribution in [1.29, 1.82) is 0 Å². The highest BCUT2D eigenvalue weighted by Crippen LogP contribution is 2.37. The molecule has 546 valence electrons. The minimum absolute atomic E-state index is 0.0816. The lowest BCUT2D eigenvalue weighted by molar-refractivity contribution is -0.189. The van der Waals surface area contributed by atoms with Crippen LogP contribution in [-0.4, -0.2) is 179 Å². The molecule has 0 saturated heterocycles. The Labute approximate surface area is 562 Å². The van der Waals surface area contributed by atoms with E-state index in [9.17, 15) is 24.0 Å². The average Bonchev–Trinajstić information content (AvgIpc) is 0.835. The van der Waals surface area contributed by atoms with E-state index < -0.39 is 164 Å². The summed E-state index contributed by atoms with van der Waals surface area (Å²) in [5.74, 6) is -4.97. The summed E-state index contributed by atoms with van der Waals surface area (Å²) in [6.07, 6.45) is 0. The first-order valence-corrected chi connectivity index (χ1v) is 32.6. The maximum atomic E-state index is 15.1. The van der Waals surface area contributed by atoms with Gasteiger partial charge in [-0.05, 0) is 235 Å². The van der Waals surface area contributed by atoms with Gasteiger partial charge in [-0.3, -0.25) is 28.8 Å².